The van der Waals surface area contributed by atoms with Crippen LogP contribution >= 0.6 is 71.7 Å². The van der Waals surface area contributed by atoms with Crippen molar-refractivity contribution in [1.29, 1.82) is 16.6 Å². The van der Waals surface area contributed by atoms with Crippen molar-refractivity contribution in [1.82, 2.24) is 42.0 Å². The lowest BCUT2D eigenvalue weighted by Gasteiger charge is -2.64. The Labute approximate surface area is 882 Å². The smallest absolute Gasteiger partial charge is 0.239 e. The summed E-state index contributed by atoms with van der Waals surface area (Å²) in [5.74, 6) is 0. The molecule has 36 heteroatoms. The molecule has 18 saturated carbocycles. The molecule has 1 heterocycles. The summed E-state index contributed by atoms with van der Waals surface area (Å²) in [4.78, 5) is 49.3. The standard InChI is InChI=1S/C108H204N27P9/c109-112-136-115-118-139(119-116-137-113-110)121-140(120-117-138-114-111,124-142(127(91-55-19-1-20-56-91)92-57-21-2-22-58-92,128(93-59-23-3-24-60-93)94-61-25-4-26-62-94)129(95-63-27-5-28-64-95)96-65-29-6-30-66-96)123-141(122-139,125-143(130(97-67-31-7-32-68-97)98-69-33-8-34-70-98,131(99-71-35-9-36-72-99)100-73-37-10-38-74-100)132(101-75-39-11-40-76-101)102-77-41-12-42-78-102)126-144(133(103-79-43-13-44-80-103)104-81-45-14-46-82-104,134(105-83-47-15-48-84-105)106-85-49-16-50-86-106)135(107-87-51-17-52-88-107)108-89-53-18-54-90-108/h91-111,136-138H,1-90H2. The summed E-state index contributed by atoms with van der Waals surface area (Å²) in [5.41, 5.74) is 28.0. The summed E-state index contributed by atoms with van der Waals surface area (Å²) >= 11 is 0. The SMILES string of the molecule is N=NPN=NP1(N=NPN=N)=NP(N=NPN=N)(N=P(N(C2CCCCC2)C2CCCCC2)(N(C2CCCCC2)C2CCCCC2)N(C2CCCCC2)C2CCCCC2)=NP(N=P(N(C2CCCCC2)C2CCCCC2)(N(C2CCCCC2)C2CCCCC2)N(C2CCCCC2)C2CCCCC2)(N=P(N(C2CCCCC2)C2CCCCC2)(N(C2CCCCC2)C2CCCCC2)N(C2CCCCC2)C2CCCCC2)=N1. The Hall–Kier alpha value is -0.0900. The van der Waals surface area contributed by atoms with Gasteiger partial charge in [0.15, 0.2) is 49.2 Å². The highest BCUT2D eigenvalue weighted by Crippen LogP contribution is 2.92. The van der Waals surface area contributed by atoms with E-state index < -0.39 is 71.7 Å². The van der Waals surface area contributed by atoms with E-state index in [4.69, 9.17) is 56.4 Å². The van der Waals surface area contributed by atoms with Crippen LogP contribution in [0.25, 0.3) is 0 Å². The van der Waals surface area contributed by atoms with Crippen molar-refractivity contribution < 1.29 is 0 Å². The Morgan fingerprint density at radius 3 is 0.382 bits per heavy atom. The van der Waals surface area contributed by atoms with Gasteiger partial charge < -0.3 is 0 Å². The van der Waals surface area contributed by atoms with Gasteiger partial charge in [-0.15, -0.1) is 29.3 Å². The molecule has 144 heavy (non-hydrogen) atoms. The number of nitrogens with one attached hydrogen (secondary N) is 3. The first-order valence-corrected chi connectivity index (χ1v) is 75.0. The second kappa shape index (κ2) is 56.9. The van der Waals surface area contributed by atoms with Gasteiger partial charge in [0, 0.05) is 109 Å². The largest absolute Gasteiger partial charge is 0.348 e. The van der Waals surface area contributed by atoms with Gasteiger partial charge in [-0.2, -0.15) is 41.7 Å². The van der Waals surface area contributed by atoms with Crippen molar-refractivity contribution in [3.05, 3.63) is 0 Å². The predicted octanol–water partition coefficient (Wildman–Crippen LogP) is 41.4. The zero-order chi connectivity index (χ0) is 98.0. The molecule has 4 unspecified atom stereocenters. The van der Waals surface area contributed by atoms with Gasteiger partial charge in [0.1, 0.15) is 0 Å². The van der Waals surface area contributed by atoms with Gasteiger partial charge in [-0.3, -0.25) is 0 Å². The highest BCUT2D eigenvalue weighted by molar-refractivity contribution is 7.89. The maximum Gasteiger partial charge on any atom is 0.348 e. The zero-order valence-electron chi connectivity index (χ0n) is 90.4. The Morgan fingerprint density at radius 2 is 0.257 bits per heavy atom. The molecule has 0 spiro atoms. The maximum absolute atomic E-state index is 9.54. The molecule has 0 aromatic heterocycles. The fraction of sp³-hybridized carbons (Fsp3) is 1.00. The minimum atomic E-state index is -4.79. The van der Waals surface area contributed by atoms with Crippen LogP contribution < -0.4 is 0 Å². The van der Waals surface area contributed by atoms with E-state index >= 15 is 0 Å². The van der Waals surface area contributed by atoms with Crippen LogP contribution in [0.3, 0.4) is 0 Å². The number of hydrogen-bond donors (Lipinski definition) is 3. The molecular weight excluding hydrogens is 1950 g/mol. The lowest BCUT2D eigenvalue weighted by Crippen LogP contribution is -2.59. The highest BCUT2D eigenvalue weighted by Gasteiger charge is 2.64. The van der Waals surface area contributed by atoms with E-state index in [1.807, 2.05) is 0 Å². The van der Waals surface area contributed by atoms with Crippen molar-refractivity contribution in [3.63, 3.8) is 0 Å². The average molecular weight is 2160 g/mol. The second-order valence-corrected chi connectivity index (χ2v) is 66.9. The lowest BCUT2D eigenvalue weighted by atomic mass is 9.90. The van der Waals surface area contributed by atoms with Crippen LogP contribution in [-0.4, -0.2) is 151 Å². The van der Waals surface area contributed by atoms with E-state index in [-0.39, 0.29) is 109 Å². The molecular formula is C108H204N27P9. The van der Waals surface area contributed by atoms with Crippen molar-refractivity contribution in [2.75, 3.05) is 0 Å². The third-order valence-electron chi connectivity index (χ3n) is 40.1. The van der Waals surface area contributed by atoms with E-state index in [2.05, 4.69) is 56.7 Å². The van der Waals surface area contributed by atoms with Crippen LogP contribution in [0.2, 0.25) is 0 Å². The van der Waals surface area contributed by atoms with Gasteiger partial charge in [0.05, 0.1) is 0 Å². The topological polar surface area (TPSA) is 286 Å². The first-order chi connectivity index (χ1) is 71.2. The third-order valence-corrected chi connectivity index (χ3v) is 65.4. The molecule has 0 saturated heterocycles. The van der Waals surface area contributed by atoms with Crippen LogP contribution in [0.15, 0.2) is 71.1 Å². The van der Waals surface area contributed by atoms with Crippen molar-refractivity contribution in [3.8, 4) is 0 Å². The van der Waals surface area contributed by atoms with E-state index in [1.54, 1.807) is 0 Å². The fourth-order valence-corrected chi connectivity index (χ4v) is 66.9. The average Bonchev–Trinajstić information content (AvgIpc) is 0.678. The first kappa shape index (κ1) is 112. The molecule has 0 aromatic carbocycles. The molecule has 1 aliphatic heterocycles. The molecule has 18 aliphatic carbocycles. The Balaban J connectivity index is 1.17. The molecule has 816 valence electrons. The summed E-state index contributed by atoms with van der Waals surface area (Å²) in [6.45, 7) is 0. The van der Waals surface area contributed by atoms with Gasteiger partial charge in [0.25, 0.3) is 0 Å². The van der Waals surface area contributed by atoms with Crippen molar-refractivity contribution in [2.45, 2.75) is 687 Å². The Morgan fingerprint density at radius 1 is 0.153 bits per heavy atom. The monoisotopic (exact) mass is 2160 g/mol. The Kier molecular flexibility index (Phi) is 44.3. The van der Waals surface area contributed by atoms with Gasteiger partial charge >= 0.3 is 22.5 Å². The molecule has 0 amide bonds. The minimum Gasteiger partial charge on any atom is -0.239 e. The molecule has 0 radical (unpaired) electrons. The molecule has 27 nitrogen and oxygen atoms in total. The fourth-order valence-electron chi connectivity index (χ4n) is 33.9. The maximum atomic E-state index is 9.54. The van der Waals surface area contributed by atoms with E-state index in [1.165, 1.54) is 501 Å². The summed E-state index contributed by atoms with van der Waals surface area (Å²) in [7, 11) is -27.0. The molecule has 3 N–H and O–H groups in total. The highest BCUT2D eigenvalue weighted by atomic mass is 31.3. The molecule has 0 aromatic rings. The quantitative estimate of drug-likeness (QED) is 0.0389. The molecule has 4 atom stereocenters. The van der Waals surface area contributed by atoms with Gasteiger partial charge in [-0.25, -0.2) is 58.6 Å². The van der Waals surface area contributed by atoms with E-state index in [0.717, 1.165) is 77.0 Å². The number of nitrogens with zero attached hydrogens (tertiary/aromatic N) is 24. The van der Waals surface area contributed by atoms with Crippen LogP contribution in [-0.2, 0) is 0 Å². The van der Waals surface area contributed by atoms with Crippen LogP contribution in [0.5, 0.6) is 0 Å². The first-order valence-electron chi connectivity index (χ1n) is 62.8. The van der Waals surface area contributed by atoms with E-state index in [9.17, 15) is 16.6 Å². The van der Waals surface area contributed by atoms with Gasteiger partial charge in [-0.05, 0) is 231 Å². The molecule has 19 aliphatic rings. The van der Waals surface area contributed by atoms with Crippen molar-refractivity contribution in [2.24, 2.45) is 71.1 Å². The molecule has 19 rings (SSSR count). The van der Waals surface area contributed by atoms with Gasteiger partial charge in [0.2, 0.25) is 0 Å². The summed E-state index contributed by atoms with van der Waals surface area (Å²) in [6, 6.07) is 4.93. The number of hydrogen-bond acceptors (Lipinski definition) is 18. The number of rotatable bonds is 39. The summed E-state index contributed by atoms with van der Waals surface area (Å²) < 4.78 is 80.9. The minimum absolute atomic E-state index is 0.266. The van der Waals surface area contributed by atoms with Crippen LogP contribution in [0, 0.1) is 16.6 Å². The molecule has 0 bridgehead atoms. The normalized spacial score (nSPS) is 29.6. The van der Waals surface area contributed by atoms with Crippen LogP contribution in [0.1, 0.15) is 578 Å². The predicted molar refractivity (Wildman–Crippen MR) is 611 cm³/mol. The summed E-state index contributed by atoms with van der Waals surface area (Å²) in [5, 5.41) is 0. The van der Waals surface area contributed by atoms with E-state index in [0.29, 0.717) is 0 Å². The van der Waals surface area contributed by atoms with Crippen molar-refractivity contribution >= 4 is 71.7 Å². The van der Waals surface area contributed by atoms with Gasteiger partial charge in [-0.1, -0.05) is 347 Å². The second-order valence-electron chi connectivity index (χ2n) is 49.6. The Bertz CT molecular complexity index is 3690. The molecule has 18 fully saturated rings. The third kappa shape index (κ3) is 26.9. The lowest BCUT2D eigenvalue weighted by molar-refractivity contribution is 0.0830. The zero-order valence-corrected chi connectivity index (χ0v) is 98.8. The summed E-state index contributed by atoms with van der Waals surface area (Å²) in [6.07, 6.45) is 110. The van der Waals surface area contributed by atoms with Crippen LogP contribution in [0.4, 0.5) is 0 Å².